The van der Waals surface area contributed by atoms with Gasteiger partial charge in [-0.15, -0.1) is 0 Å². The van der Waals surface area contributed by atoms with Gasteiger partial charge in [0, 0.05) is 0 Å². The van der Waals surface area contributed by atoms with Crippen LogP contribution in [0, 0.1) is 5.92 Å². The average Bonchev–Trinajstić information content (AvgIpc) is 2.27. The molecule has 1 rings (SSSR count). The lowest BCUT2D eigenvalue weighted by atomic mass is 10.1. The molecule has 0 aliphatic heterocycles. The van der Waals surface area contributed by atoms with Gasteiger partial charge in [0.2, 0.25) is 0 Å². The summed E-state index contributed by atoms with van der Waals surface area (Å²) in [6, 6.07) is 5.21. The summed E-state index contributed by atoms with van der Waals surface area (Å²) < 4.78 is 5.80. The molecular weight excluding hydrogens is 252 g/mol. The third kappa shape index (κ3) is 3.81. The van der Waals surface area contributed by atoms with Crippen LogP contribution in [0.1, 0.15) is 32.8 Å². The van der Waals surface area contributed by atoms with Crippen LogP contribution in [-0.2, 0) is 0 Å². The summed E-state index contributed by atoms with van der Waals surface area (Å²) in [5.41, 5.74) is 6.04. The molecule has 3 N–H and O–H groups in total. The van der Waals surface area contributed by atoms with Crippen molar-refractivity contribution in [2.75, 3.05) is 0 Å². The molecule has 0 aliphatic carbocycles. The number of amidine groups is 1. The Morgan fingerprint density at radius 2 is 2.11 bits per heavy atom. The SMILES string of the molecule is CC(C)CC(C)Oc1cccc(Cl)c1C(N)=NO. The zero-order valence-corrected chi connectivity index (χ0v) is 11.6. The first-order chi connectivity index (χ1) is 8.45. The summed E-state index contributed by atoms with van der Waals surface area (Å²) >= 11 is 6.04. The van der Waals surface area contributed by atoms with Gasteiger partial charge in [0.05, 0.1) is 16.7 Å². The molecule has 0 spiro atoms. The molecule has 100 valence electrons. The molecule has 4 nitrogen and oxygen atoms in total. The minimum Gasteiger partial charge on any atom is -0.490 e. The van der Waals surface area contributed by atoms with Crippen LogP contribution in [0.3, 0.4) is 0 Å². The molecule has 0 aliphatic rings. The van der Waals surface area contributed by atoms with Gasteiger partial charge in [-0.3, -0.25) is 0 Å². The Bertz CT molecular complexity index is 433. The number of ether oxygens (including phenoxy) is 1. The van der Waals surface area contributed by atoms with Crippen molar-refractivity contribution in [3.63, 3.8) is 0 Å². The topological polar surface area (TPSA) is 67.8 Å². The monoisotopic (exact) mass is 270 g/mol. The van der Waals surface area contributed by atoms with Gasteiger partial charge in [-0.1, -0.05) is 36.7 Å². The van der Waals surface area contributed by atoms with Gasteiger partial charge in [0.15, 0.2) is 5.84 Å². The van der Waals surface area contributed by atoms with Crippen LogP contribution in [0.25, 0.3) is 0 Å². The summed E-state index contributed by atoms with van der Waals surface area (Å²) in [4.78, 5) is 0. The summed E-state index contributed by atoms with van der Waals surface area (Å²) in [6.45, 7) is 6.24. The molecule has 0 aromatic heterocycles. The highest BCUT2D eigenvalue weighted by Gasteiger charge is 2.15. The smallest absolute Gasteiger partial charge is 0.175 e. The van der Waals surface area contributed by atoms with E-state index in [1.165, 1.54) is 0 Å². The second-order valence-corrected chi connectivity index (χ2v) is 5.06. The van der Waals surface area contributed by atoms with Gasteiger partial charge in [0.1, 0.15) is 5.75 Å². The molecule has 1 atom stereocenters. The molecule has 1 aromatic rings. The highest BCUT2D eigenvalue weighted by molar-refractivity contribution is 6.34. The molecule has 0 bridgehead atoms. The molecule has 0 saturated carbocycles. The number of oxime groups is 1. The Morgan fingerprint density at radius 1 is 1.44 bits per heavy atom. The maximum Gasteiger partial charge on any atom is 0.175 e. The summed E-state index contributed by atoms with van der Waals surface area (Å²) in [7, 11) is 0. The van der Waals surface area contributed by atoms with Crippen molar-refractivity contribution in [3.8, 4) is 5.75 Å². The van der Waals surface area contributed by atoms with Gasteiger partial charge in [0.25, 0.3) is 0 Å². The van der Waals surface area contributed by atoms with Gasteiger partial charge in [-0.2, -0.15) is 0 Å². The van der Waals surface area contributed by atoms with E-state index in [2.05, 4.69) is 19.0 Å². The third-order valence-corrected chi connectivity index (χ3v) is 2.79. The van der Waals surface area contributed by atoms with Crippen molar-refractivity contribution in [2.24, 2.45) is 16.8 Å². The van der Waals surface area contributed by atoms with Crippen LogP contribution < -0.4 is 10.5 Å². The van der Waals surface area contributed by atoms with Crippen molar-refractivity contribution in [3.05, 3.63) is 28.8 Å². The van der Waals surface area contributed by atoms with Crippen molar-refractivity contribution in [1.82, 2.24) is 0 Å². The van der Waals surface area contributed by atoms with Crippen LogP contribution >= 0.6 is 11.6 Å². The number of halogens is 1. The van der Waals surface area contributed by atoms with E-state index in [1.807, 2.05) is 6.92 Å². The highest BCUT2D eigenvalue weighted by Crippen LogP contribution is 2.27. The lowest BCUT2D eigenvalue weighted by Crippen LogP contribution is -2.19. The second-order valence-electron chi connectivity index (χ2n) is 4.66. The van der Waals surface area contributed by atoms with Crippen molar-refractivity contribution < 1.29 is 9.94 Å². The zero-order chi connectivity index (χ0) is 13.7. The van der Waals surface area contributed by atoms with E-state index < -0.39 is 0 Å². The van der Waals surface area contributed by atoms with Crippen molar-refractivity contribution in [1.29, 1.82) is 0 Å². The zero-order valence-electron chi connectivity index (χ0n) is 10.9. The first-order valence-corrected chi connectivity index (χ1v) is 6.26. The Labute approximate surface area is 112 Å². The number of nitrogens with zero attached hydrogens (tertiary/aromatic N) is 1. The summed E-state index contributed by atoms with van der Waals surface area (Å²) in [5.74, 6) is 1.02. The molecule has 0 amide bonds. The molecular formula is C13H19ClN2O2. The van der Waals surface area contributed by atoms with E-state index in [9.17, 15) is 0 Å². The van der Waals surface area contributed by atoms with E-state index in [4.69, 9.17) is 27.3 Å². The standard InChI is InChI=1S/C13H19ClN2O2/c1-8(2)7-9(3)18-11-6-4-5-10(14)12(11)13(15)16-17/h4-6,8-9,17H,7H2,1-3H3,(H2,15,16). The normalized spacial score (nSPS) is 13.7. The minimum atomic E-state index is -0.0488. The van der Waals surface area contributed by atoms with E-state index in [-0.39, 0.29) is 11.9 Å². The van der Waals surface area contributed by atoms with E-state index >= 15 is 0 Å². The predicted molar refractivity (Wildman–Crippen MR) is 73.5 cm³/mol. The van der Waals surface area contributed by atoms with Crippen LogP contribution in [0.4, 0.5) is 0 Å². The molecule has 1 aromatic carbocycles. The van der Waals surface area contributed by atoms with Crippen molar-refractivity contribution in [2.45, 2.75) is 33.3 Å². The quantitative estimate of drug-likeness (QED) is 0.373. The molecule has 5 heteroatoms. The molecule has 0 saturated heterocycles. The highest BCUT2D eigenvalue weighted by atomic mass is 35.5. The van der Waals surface area contributed by atoms with Crippen LogP contribution in [0.5, 0.6) is 5.75 Å². The summed E-state index contributed by atoms with van der Waals surface area (Å²) in [6.07, 6.45) is 0.955. The maximum atomic E-state index is 8.77. The van der Waals surface area contributed by atoms with Crippen LogP contribution in [-0.4, -0.2) is 17.1 Å². The molecule has 18 heavy (non-hydrogen) atoms. The van der Waals surface area contributed by atoms with E-state index in [0.717, 1.165) is 6.42 Å². The Kier molecular flexibility index (Phi) is 5.28. The van der Waals surface area contributed by atoms with Gasteiger partial charge >= 0.3 is 0 Å². The van der Waals surface area contributed by atoms with Gasteiger partial charge in [-0.05, 0) is 31.4 Å². The fraction of sp³-hybridized carbons (Fsp3) is 0.462. The number of hydrogen-bond donors (Lipinski definition) is 2. The van der Waals surface area contributed by atoms with E-state index in [1.54, 1.807) is 18.2 Å². The van der Waals surface area contributed by atoms with Gasteiger partial charge in [-0.25, -0.2) is 0 Å². The molecule has 0 radical (unpaired) electrons. The summed E-state index contributed by atoms with van der Waals surface area (Å²) in [5, 5.41) is 12.1. The lowest BCUT2D eigenvalue weighted by Gasteiger charge is -2.19. The average molecular weight is 271 g/mol. The lowest BCUT2D eigenvalue weighted by molar-refractivity contribution is 0.193. The Morgan fingerprint density at radius 3 is 2.67 bits per heavy atom. The first-order valence-electron chi connectivity index (χ1n) is 5.88. The van der Waals surface area contributed by atoms with Crippen LogP contribution in [0.2, 0.25) is 5.02 Å². The van der Waals surface area contributed by atoms with Crippen LogP contribution in [0.15, 0.2) is 23.4 Å². The number of nitrogens with two attached hydrogens (primary N) is 1. The largest absolute Gasteiger partial charge is 0.490 e. The maximum absolute atomic E-state index is 8.77. The van der Waals surface area contributed by atoms with Gasteiger partial charge < -0.3 is 15.7 Å². The van der Waals surface area contributed by atoms with Crippen molar-refractivity contribution >= 4 is 17.4 Å². The first kappa shape index (κ1) is 14.6. The third-order valence-electron chi connectivity index (χ3n) is 2.47. The van der Waals surface area contributed by atoms with E-state index in [0.29, 0.717) is 22.3 Å². The minimum absolute atomic E-state index is 0.0358. The predicted octanol–water partition coefficient (Wildman–Crippen LogP) is 3.25. The number of rotatable bonds is 5. The fourth-order valence-electron chi connectivity index (χ4n) is 1.83. The second kappa shape index (κ2) is 6.50. The fourth-order valence-corrected chi connectivity index (χ4v) is 2.09. The molecule has 1 unspecified atom stereocenters. The molecule has 0 fully saturated rings. The number of benzene rings is 1. The Balaban J connectivity index is 2.99. The Hall–Kier alpha value is -1.42. The number of hydrogen-bond acceptors (Lipinski definition) is 3. The molecule has 0 heterocycles.